The fourth-order valence-electron chi connectivity index (χ4n) is 2.84. The second-order valence-electron chi connectivity index (χ2n) is 5.26. The van der Waals surface area contributed by atoms with Crippen LogP contribution in [0.3, 0.4) is 0 Å². The molecule has 1 aromatic carbocycles. The van der Waals surface area contributed by atoms with Crippen molar-refractivity contribution in [2.24, 2.45) is 0 Å². The lowest BCUT2D eigenvalue weighted by atomic mass is 10.1. The SMILES string of the molecule is COc1ccccc1NC(=O)N1CCCC2(C1)OCCO2. The van der Waals surface area contributed by atoms with Crippen LogP contribution in [0.5, 0.6) is 5.75 Å². The highest BCUT2D eigenvalue weighted by Gasteiger charge is 2.42. The van der Waals surface area contributed by atoms with Crippen LogP contribution in [0.4, 0.5) is 10.5 Å². The first-order chi connectivity index (χ1) is 10.2. The Bertz CT molecular complexity index is 514. The molecule has 21 heavy (non-hydrogen) atoms. The summed E-state index contributed by atoms with van der Waals surface area (Å²) in [5.41, 5.74) is 0.665. The third-order valence-corrected chi connectivity index (χ3v) is 3.87. The number of nitrogens with one attached hydrogen (secondary N) is 1. The highest BCUT2D eigenvalue weighted by atomic mass is 16.7. The minimum atomic E-state index is -0.601. The predicted molar refractivity (Wildman–Crippen MR) is 77.5 cm³/mol. The number of piperidine rings is 1. The zero-order valence-corrected chi connectivity index (χ0v) is 12.1. The van der Waals surface area contributed by atoms with Gasteiger partial charge in [0.1, 0.15) is 5.75 Å². The second-order valence-corrected chi connectivity index (χ2v) is 5.26. The molecule has 0 radical (unpaired) electrons. The van der Waals surface area contributed by atoms with Crippen LogP contribution in [0.1, 0.15) is 12.8 Å². The van der Waals surface area contributed by atoms with Crippen LogP contribution in [-0.2, 0) is 9.47 Å². The van der Waals surface area contributed by atoms with E-state index in [-0.39, 0.29) is 6.03 Å². The summed E-state index contributed by atoms with van der Waals surface area (Å²) in [4.78, 5) is 14.2. The van der Waals surface area contributed by atoms with Gasteiger partial charge in [0, 0.05) is 13.0 Å². The van der Waals surface area contributed by atoms with E-state index in [9.17, 15) is 4.79 Å². The van der Waals surface area contributed by atoms with Crippen molar-refractivity contribution in [3.8, 4) is 5.75 Å². The monoisotopic (exact) mass is 292 g/mol. The van der Waals surface area contributed by atoms with E-state index in [0.717, 1.165) is 12.8 Å². The molecule has 2 aliphatic heterocycles. The van der Waals surface area contributed by atoms with E-state index >= 15 is 0 Å². The van der Waals surface area contributed by atoms with Gasteiger partial charge in [0.05, 0.1) is 32.6 Å². The topological polar surface area (TPSA) is 60.0 Å². The molecule has 0 aliphatic carbocycles. The number of carbonyl (C=O) groups is 1. The van der Waals surface area contributed by atoms with Crippen molar-refractivity contribution < 1.29 is 19.0 Å². The van der Waals surface area contributed by atoms with Gasteiger partial charge in [-0.2, -0.15) is 0 Å². The summed E-state index contributed by atoms with van der Waals surface area (Å²) >= 11 is 0. The van der Waals surface area contributed by atoms with Crippen molar-refractivity contribution >= 4 is 11.7 Å². The molecular weight excluding hydrogens is 272 g/mol. The Morgan fingerprint density at radius 2 is 2.10 bits per heavy atom. The third kappa shape index (κ3) is 2.96. The molecule has 6 nitrogen and oxygen atoms in total. The Labute approximate surface area is 124 Å². The number of anilines is 1. The maximum atomic E-state index is 12.4. The number of nitrogens with zero attached hydrogens (tertiary/aromatic N) is 1. The smallest absolute Gasteiger partial charge is 0.322 e. The summed E-state index contributed by atoms with van der Waals surface area (Å²) in [5, 5.41) is 2.89. The summed E-state index contributed by atoms with van der Waals surface area (Å²) in [6, 6.07) is 7.21. The molecule has 1 N–H and O–H groups in total. The van der Waals surface area contributed by atoms with Gasteiger partial charge in [-0.15, -0.1) is 0 Å². The fraction of sp³-hybridized carbons (Fsp3) is 0.533. The van der Waals surface area contributed by atoms with Crippen molar-refractivity contribution in [3.05, 3.63) is 24.3 Å². The molecule has 2 fully saturated rings. The normalized spacial score (nSPS) is 20.5. The molecule has 0 atom stereocenters. The van der Waals surface area contributed by atoms with Gasteiger partial charge < -0.3 is 24.4 Å². The first kappa shape index (κ1) is 14.2. The van der Waals surface area contributed by atoms with Gasteiger partial charge in [0.2, 0.25) is 0 Å². The number of amides is 2. The number of hydrogen-bond donors (Lipinski definition) is 1. The van der Waals surface area contributed by atoms with Crippen LogP contribution in [0, 0.1) is 0 Å². The lowest BCUT2D eigenvalue weighted by Gasteiger charge is -2.38. The molecule has 2 amide bonds. The Kier molecular flexibility index (Phi) is 3.98. The number of rotatable bonds is 2. The first-order valence-corrected chi connectivity index (χ1v) is 7.19. The van der Waals surface area contributed by atoms with Gasteiger partial charge in [0.25, 0.3) is 0 Å². The van der Waals surface area contributed by atoms with Gasteiger partial charge in [-0.1, -0.05) is 12.1 Å². The van der Waals surface area contributed by atoms with E-state index in [4.69, 9.17) is 14.2 Å². The molecule has 2 saturated heterocycles. The maximum Gasteiger partial charge on any atom is 0.322 e. The fourth-order valence-corrected chi connectivity index (χ4v) is 2.84. The number of carbonyl (C=O) groups excluding carboxylic acids is 1. The summed E-state index contributed by atoms with van der Waals surface area (Å²) in [6.07, 6.45) is 1.71. The van der Waals surface area contributed by atoms with Gasteiger partial charge in [-0.05, 0) is 18.6 Å². The molecule has 114 valence electrons. The van der Waals surface area contributed by atoms with E-state index in [1.54, 1.807) is 12.0 Å². The van der Waals surface area contributed by atoms with E-state index in [2.05, 4.69) is 5.32 Å². The summed E-state index contributed by atoms with van der Waals surface area (Å²) < 4.78 is 16.6. The van der Waals surface area contributed by atoms with Crippen molar-refractivity contribution in [1.82, 2.24) is 4.90 Å². The molecule has 0 unspecified atom stereocenters. The lowest BCUT2D eigenvalue weighted by Crippen LogP contribution is -2.52. The number of urea groups is 1. The minimum absolute atomic E-state index is 0.155. The van der Waals surface area contributed by atoms with Crippen LogP contribution in [-0.4, -0.2) is 50.1 Å². The molecular formula is C15H20N2O4. The highest BCUT2D eigenvalue weighted by molar-refractivity contribution is 5.91. The van der Waals surface area contributed by atoms with Crippen LogP contribution in [0.2, 0.25) is 0 Å². The van der Waals surface area contributed by atoms with Crippen LogP contribution in [0.15, 0.2) is 24.3 Å². The van der Waals surface area contributed by atoms with Crippen molar-refractivity contribution in [1.29, 1.82) is 0 Å². The van der Waals surface area contributed by atoms with Gasteiger partial charge in [-0.25, -0.2) is 4.79 Å². The predicted octanol–water partition coefficient (Wildman–Crippen LogP) is 2.07. The van der Waals surface area contributed by atoms with Crippen LogP contribution < -0.4 is 10.1 Å². The second kappa shape index (κ2) is 5.91. The first-order valence-electron chi connectivity index (χ1n) is 7.19. The van der Waals surface area contributed by atoms with Crippen LogP contribution in [0.25, 0.3) is 0 Å². The molecule has 6 heteroatoms. The largest absolute Gasteiger partial charge is 0.495 e. The van der Waals surface area contributed by atoms with Crippen LogP contribution >= 0.6 is 0 Å². The minimum Gasteiger partial charge on any atom is -0.495 e. The molecule has 0 bridgehead atoms. The zero-order chi connectivity index (χ0) is 14.7. The molecule has 1 spiro atoms. The van der Waals surface area contributed by atoms with Gasteiger partial charge in [-0.3, -0.25) is 0 Å². The number of benzene rings is 1. The number of methoxy groups -OCH3 is 1. The molecule has 0 aromatic heterocycles. The molecule has 0 saturated carbocycles. The number of para-hydroxylation sites is 2. The van der Waals surface area contributed by atoms with Crippen molar-refractivity contribution in [2.75, 3.05) is 38.7 Å². The van der Waals surface area contributed by atoms with E-state index in [1.165, 1.54) is 0 Å². The Hall–Kier alpha value is -1.79. The molecule has 3 rings (SSSR count). The van der Waals surface area contributed by atoms with E-state index in [1.807, 2.05) is 24.3 Å². The Morgan fingerprint density at radius 1 is 1.33 bits per heavy atom. The molecule has 1 aromatic rings. The average Bonchev–Trinajstić information content (AvgIpc) is 2.95. The summed E-state index contributed by atoms with van der Waals surface area (Å²) in [6.45, 7) is 2.37. The van der Waals surface area contributed by atoms with E-state index < -0.39 is 5.79 Å². The van der Waals surface area contributed by atoms with Crippen molar-refractivity contribution in [2.45, 2.75) is 18.6 Å². The quantitative estimate of drug-likeness (QED) is 0.906. The highest BCUT2D eigenvalue weighted by Crippen LogP contribution is 2.31. The number of likely N-dealkylation sites (tertiary alicyclic amines) is 1. The standard InChI is InChI=1S/C15H20N2O4/c1-19-13-6-3-2-5-12(13)16-14(18)17-8-4-7-15(11-17)20-9-10-21-15/h2-3,5-6H,4,7-11H2,1H3,(H,16,18). The van der Waals surface area contributed by atoms with Crippen molar-refractivity contribution in [3.63, 3.8) is 0 Å². The number of ether oxygens (including phenoxy) is 3. The Balaban J connectivity index is 1.67. The third-order valence-electron chi connectivity index (χ3n) is 3.87. The Morgan fingerprint density at radius 3 is 2.86 bits per heavy atom. The van der Waals surface area contributed by atoms with E-state index in [0.29, 0.717) is 37.7 Å². The number of hydrogen-bond acceptors (Lipinski definition) is 4. The molecule has 2 heterocycles. The molecule has 2 aliphatic rings. The summed E-state index contributed by atoms with van der Waals surface area (Å²) in [7, 11) is 1.58. The van der Waals surface area contributed by atoms with Gasteiger partial charge in [0.15, 0.2) is 5.79 Å². The maximum absolute atomic E-state index is 12.4. The summed E-state index contributed by atoms with van der Waals surface area (Å²) in [5.74, 6) is 0.0436. The lowest BCUT2D eigenvalue weighted by molar-refractivity contribution is -0.182. The zero-order valence-electron chi connectivity index (χ0n) is 12.1. The van der Waals surface area contributed by atoms with Gasteiger partial charge >= 0.3 is 6.03 Å². The average molecular weight is 292 g/mol.